The lowest BCUT2D eigenvalue weighted by atomic mass is 10.3. The molecular weight excluding hydrogens is 232 g/mol. The molecule has 0 bridgehead atoms. The summed E-state index contributed by atoms with van der Waals surface area (Å²) in [4.78, 5) is 13.0. The Morgan fingerprint density at radius 2 is 2.18 bits per heavy atom. The van der Waals surface area contributed by atoms with Crippen LogP contribution in [-0.2, 0) is 0 Å². The van der Waals surface area contributed by atoms with Crippen molar-refractivity contribution < 1.29 is 0 Å². The number of fused-ring (bicyclic) bond motifs is 1. The third kappa shape index (κ3) is 2.49. The van der Waals surface area contributed by atoms with Crippen molar-refractivity contribution in [1.29, 1.82) is 0 Å². The first-order chi connectivity index (χ1) is 8.11. The lowest BCUT2D eigenvalue weighted by molar-refractivity contribution is 0.761. The zero-order valence-electron chi connectivity index (χ0n) is 10.5. The van der Waals surface area contributed by atoms with Gasteiger partial charge in [-0.25, -0.2) is 4.98 Å². The summed E-state index contributed by atoms with van der Waals surface area (Å²) in [5.74, 6) is 1.31. The quantitative estimate of drug-likeness (QED) is 0.906. The van der Waals surface area contributed by atoms with Crippen LogP contribution in [0.3, 0.4) is 0 Å². The van der Waals surface area contributed by atoms with E-state index >= 15 is 0 Å². The van der Waals surface area contributed by atoms with E-state index in [1.54, 1.807) is 11.3 Å². The number of aryl methyl sites for hydroxylation is 1. The topological polar surface area (TPSA) is 55.0 Å². The molecule has 0 amide bonds. The van der Waals surface area contributed by atoms with Crippen LogP contribution in [-0.4, -0.2) is 23.6 Å². The largest absolute Gasteiger partial charge is 0.368 e. The summed E-state index contributed by atoms with van der Waals surface area (Å²) in [6.45, 7) is 5.27. The van der Waals surface area contributed by atoms with Gasteiger partial charge in [-0.3, -0.25) is 0 Å². The Bertz CT molecular complexity index is 520. The number of aromatic nitrogens is 2. The highest BCUT2D eigenvalue weighted by atomic mass is 32.1. The summed E-state index contributed by atoms with van der Waals surface area (Å²) in [6, 6.07) is 2.14. The van der Waals surface area contributed by atoms with Crippen LogP contribution in [0.2, 0.25) is 0 Å². The van der Waals surface area contributed by atoms with Crippen molar-refractivity contribution in [3.8, 4) is 0 Å². The van der Waals surface area contributed by atoms with E-state index in [-0.39, 0.29) is 0 Å². The molecule has 5 heteroatoms. The Morgan fingerprint density at radius 3 is 2.88 bits per heavy atom. The zero-order chi connectivity index (χ0) is 12.4. The predicted molar refractivity (Wildman–Crippen MR) is 74.7 cm³/mol. The van der Waals surface area contributed by atoms with Gasteiger partial charge in [-0.2, -0.15) is 4.98 Å². The van der Waals surface area contributed by atoms with E-state index in [1.165, 1.54) is 11.3 Å². The molecule has 2 aromatic heterocycles. The highest BCUT2D eigenvalue weighted by molar-refractivity contribution is 7.18. The third-order valence-electron chi connectivity index (χ3n) is 2.72. The van der Waals surface area contributed by atoms with Crippen molar-refractivity contribution in [3.63, 3.8) is 0 Å². The minimum Gasteiger partial charge on any atom is -0.368 e. The molecule has 0 aliphatic carbocycles. The van der Waals surface area contributed by atoms with Crippen molar-refractivity contribution >= 4 is 33.3 Å². The van der Waals surface area contributed by atoms with E-state index in [2.05, 4.69) is 41.8 Å². The standard InChI is InChI=1S/C12H18N4S/c1-4-5-6-16(3)10-9-7-8(2)17-11(9)15-12(13)14-10/h7H,4-6H2,1-3H3,(H2,13,14,15). The maximum atomic E-state index is 5.76. The fourth-order valence-electron chi connectivity index (χ4n) is 1.84. The molecule has 0 fully saturated rings. The number of rotatable bonds is 4. The van der Waals surface area contributed by atoms with Crippen molar-refractivity contribution in [2.24, 2.45) is 0 Å². The molecule has 0 saturated carbocycles. The molecule has 0 aliphatic heterocycles. The molecule has 0 spiro atoms. The van der Waals surface area contributed by atoms with E-state index < -0.39 is 0 Å². The van der Waals surface area contributed by atoms with Gasteiger partial charge >= 0.3 is 0 Å². The average Bonchev–Trinajstić information content (AvgIpc) is 2.64. The van der Waals surface area contributed by atoms with Gasteiger partial charge < -0.3 is 10.6 Å². The summed E-state index contributed by atoms with van der Waals surface area (Å²) >= 11 is 1.66. The van der Waals surface area contributed by atoms with Crippen molar-refractivity contribution in [2.45, 2.75) is 26.7 Å². The van der Waals surface area contributed by atoms with Gasteiger partial charge in [0.05, 0.1) is 5.39 Å². The Kier molecular flexibility index (Phi) is 3.47. The normalized spacial score (nSPS) is 11.0. The molecule has 2 N–H and O–H groups in total. The second-order valence-electron chi connectivity index (χ2n) is 4.26. The second-order valence-corrected chi connectivity index (χ2v) is 5.49. The molecule has 0 radical (unpaired) electrons. The van der Waals surface area contributed by atoms with E-state index in [1.807, 2.05) is 0 Å². The number of hydrogen-bond donors (Lipinski definition) is 1. The van der Waals surface area contributed by atoms with Gasteiger partial charge in [0, 0.05) is 18.5 Å². The van der Waals surface area contributed by atoms with Crippen LogP contribution in [0.15, 0.2) is 6.07 Å². The molecule has 2 aromatic rings. The van der Waals surface area contributed by atoms with Crippen LogP contribution in [0.4, 0.5) is 11.8 Å². The number of nitrogens with two attached hydrogens (primary N) is 1. The summed E-state index contributed by atoms with van der Waals surface area (Å²) in [5.41, 5.74) is 5.76. The van der Waals surface area contributed by atoms with Gasteiger partial charge in [-0.05, 0) is 19.4 Å². The van der Waals surface area contributed by atoms with Crippen LogP contribution in [0, 0.1) is 6.92 Å². The van der Waals surface area contributed by atoms with E-state index in [4.69, 9.17) is 5.73 Å². The Morgan fingerprint density at radius 1 is 1.41 bits per heavy atom. The Labute approximate surface area is 105 Å². The number of hydrogen-bond acceptors (Lipinski definition) is 5. The second kappa shape index (κ2) is 4.87. The lowest BCUT2D eigenvalue weighted by Crippen LogP contribution is -2.20. The Balaban J connectivity index is 2.43. The molecular formula is C12H18N4S. The van der Waals surface area contributed by atoms with Crippen LogP contribution in [0.1, 0.15) is 24.6 Å². The maximum absolute atomic E-state index is 5.76. The molecule has 4 nitrogen and oxygen atoms in total. The van der Waals surface area contributed by atoms with Crippen LogP contribution >= 0.6 is 11.3 Å². The van der Waals surface area contributed by atoms with Crippen LogP contribution in [0.5, 0.6) is 0 Å². The molecule has 0 unspecified atom stereocenters. The molecule has 17 heavy (non-hydrogen) atoms. The first kappa shape index (κ1) is 12.1. The number of thiophene rings is 1. The minimum absolute atomic E-state index is 0.359. The Hall–Kier alpha value is -1.36. The SMILES string of the molecule is CCCCN(C)c1nc(N)nc2sc(C)cc12. The first-order valence-electron chi connectivity index (χ1n) is 5.86. The molecule has 2 heterocycles. The summed E-state index contributed by atoms with van der Waals surface area (Å²) in [5, 5.41) is 1.11. The molecule has 0 aromatic carbocycles. The number of nitrogens with zero attached hydrogens (tertiary/aromatic N) is 3. The first-order valence-corrected chi connectivity index (χ1v) is 6.68. The van der Waals surface area contributed by atoms with Crippen molar-refractivity contribution in [2.75, 3.05) is 24.2 Å². The van der Waals surface area contributed by atoms with Crippen LogP contribution < -0.4 is 10.6 Å². The maximum Gasteiger partial charge on any atom is 0.223 e. The van der Waals surface area contributed by atoms with Gasteiger partial charge in [-0.15, -0.1) is 11.3 Å². The summed E-state index contributed by atoms with van der Waals surface area (Å²) < 4.78 is 0. The number of unbranched alkanes of at least 4 members (excludes halogenated alkanes) is 1. The summed E-state index contributed by atoms with van der Waals surface area (Å²) in [7, 11) is 2.06. The molecule has 2 rings (SSSR count). The van der Waals surface area contributed by atoms with Gasteiger partial charge in [0.25, 0.3) is 0 Å². The summed E-state index contributed by atoms with van der Waals surface area (Å²) in [6.07, 6.45) is 2.34. The number of anilines is 2. The molecule has 0 atom stereocenters. The molecule has 0 saturated heterocycles. The van der Waals surface area contributed by atoms with Gasteiger partial charge in [0.2, 0.25) is 5.95 Å². The fourth-order valence-corrected chi connectivity index (χ4v) is 2.72. The van der Waals surface area contributed by atoms with Crippen LogP contribution in [0.25, 0.3) is 10.2 Å². The lowest BCUT2D eigenvalue weighted by Gasteiger charge is -2.18. The zero-order valence-corrected chi connectivity index (χ0v) is 11.3. The van der Waals surface area contributed by atoms with E-state index in [0.29, 0.717) is 5.95 Å². The molecule has 0 aliphatic rings. The fraction of sp³-hybridized carbons (Fsp3) is 0.500. The molecule has 92 valence electrons. The third-order valence-corrected chi connectivity index (χ3v) is 3.67. The monoisotopic (exact) mass is 250 g/mol. The highest BCUT2D eigenvalue weighted by Gasteiger charge is 2.12. The smallest absolute Gasteiger partial charge is 0.223 e. The highest BCUT2D eigenvalue weighted by Crippen LogP contribution is 2.30. The predicted octanol–water partition coefficient (Wildman–Crippen LogP) is 2.82. The van der Waals surface area contributed by atoms with E-state index in [0.717, 1.165) is 29.0 Å². The van der Waals surface area contributed by atoms with Gasteiger partial charge in [0.1, 0.15) is 10.6 Å². The number of nitrogen functional groups attached to an aromatic ring is 1. The average molecular weight is 250 g/mol. The van der Waals surface area contributed by atoms with Crippen molar-refractivity contribution in [3.05, 3.63) is 10.9 Å². The minimum atomic E-state index is 0.359. The van der Waals surface area contributed by atoms with E-state index in [9.17, 15) is 0 Å². The van der Waals surface area contributed by atoms with Gasteiger partial charge in [0.15, 0.2) is 0 Å². The van der Waals surface area contributed by atoms with Gasteiger partial charge in [-0.1, -0.05) is 13.3 Å². The van der Waals surface area contributed by atoms with Crippen molar-refractivity contribution in [1.82, 2.24) is 9.97 Å².